The number of carbonyl (C=O) groups excluding carboxylic acids is 2. The van der Waals surface area contributed by atoms with Gasteiger partial charge in [-0.3, -0.25) is 0 Å². The molecule has 0 spiro atoms. The third-order valence-electron chi connectivity index (χ3n) is 3.22. The number of nitrogens with one attached hydrogen (secondary N) is 2. The molecule has 0 saturated carbocycles. The van der Waals surface area contributed by atoms with Crippen molar-refractivity contribution < 1.29 is 28.8 Å². The highest BCUT2D eigenvalue weighted by atomic mass is 16.8. The Morgan fingerprint density at radius 2 is 1.52 bits per heavy atom. The summed E-state index contributed by atoms with van der Waals surface area (Å²) in [5, 5.41) is 5.32. The second-order valence-electron chi connectivity index (χ2n) is 6.74. The van der Waals surface area contributed by atoms with E-state index in [1.54, 1.807) is 0 Å². The fourth-order valence-electron chi connectivity index (χ4n) is 2.01. The van der Waals surface area contributed by atoms with E-state index in [1.165, 1.54) is 31.4 Å². The van der Waals surface area contributed by atoms with Crippen molar-refractivity contribution in [3.05, 3.63) is 29.2 Å². The molecule has 0 saturated heterocycles. The van der Waals surface area contributed by atoms with E-state index in [0.29, 0.717) is 29.4 Å². The predicted octanol–water partition coefficient (Wildman–Crippen LogP) is 3.44. The van der Waals surface area contributed by atoms with Crippen molar-refractivity contribution in [1.29, 1.82) is 0 Å². The second kappa shape index (κ2) is 11.0. The van der Waals surface area contributed by atoms with Crippen molar-refractivity contribution in [2.75, 3.05) is 20.2 Å². The first kappa shape index (κ1) is 22.2. The third-order valence-corrected chi connectivity index (χ3v) is 3.22. The van der Waals surface area contributed by atoms with Crippen LogP contribution in [0.15, 0.2) is 24.3 Å². The lowest BCUT2D eigenvalue weighted by Gasteiger charge is -2.19. The van der Waals surface area contributed by atoms with Crippen LogP contribution in [0.5, 0.6) is 5.75 Å². The zero-order valence-electron chi connectivity index (χ0n) is 16.2. The van der Waals surface area contributed by atoms with Crippen LogP contribution in [0.3, 0.4) is 0 Å². The molecular formula is C18H28N3O6+. The predicted molar refractivity (Wildman–Crippen MR) is 98.9 cm³/mol. The number of nitrogens with zero attached hydrogens (tertiary/aromatic N) is 1. The Morgan fingerprint density at radius 3 is 2.04 bits per heavy atom. The van der Waals surface area contributed by atoms with Gasteiger partial charge in [0.05, 0.1) is 4.91 Å². The maximum Gasteiger partial charge on any atom is 0.412 e. The molecule has 2 N–H and O–H groups in total. The van der Waals surface area contributed by atoms with Gasteiger partial charge in [-0.25, -0.2) is 14.4 Å². The lowest BCUT2D eigenvalue weighted by molar-refractivity contribution is -0.736. The topological polar surface area (TPSA) is 106 Å². The molecule has 0 atom stereocenters. The fraction of sp³-hybridized carbons (Fsp3) is 0.556. The van der Waals surface area contributed by atoms with E-state index in [-0.39, 0.29) is 0 Å². The van der Waals surface area contributed by atoms with Crippen LogP contribution < -0.4 is 15.4 Å². The van der Waals surface area contributed by atoms with E-state index in [0.717, 1.165) is 19.3 Å². The minimum absolute atomic E-state index is 0.297. The zero-order valence-corrected chi connectivity index (χ0v) is 16.2. The maximum atomic E-state index is 11.7. The highest BCUT2D eigenvalue weighted by Gasteiger charge is 2.15. The van der Waals surface area contributed by atoms with Crippen molar-refractivity contribution in [2.45, 2.75) is 45.6 Å². The molecule has 0 aromatic heterocycles. The number of amides is 2. The third kappa shape index (κ3) is 10.0. The molecule has 0 fully saturated rings. The molecule has 0 aliphatic heterocycles. The van der Waals surface area contributed by atoms with E-state index in [4.69, 9.17) is 9.47 Å². The van der Waals surface area contributed by atoms with Crippen molar-refractivity contribution in [3.63, 3.8) is 0 Å². The summed E-state index contributed by atoms with van der Waals surface area (Å²) >= 11 is 0. The molecule has 0 unspecified atom stereocenters. The van der Waals surface area contributed by atoms with Crippen molar-refractivity contribution in [1.82, 2.24) is 10.6 Å². The van der Waals surface area contributed by atoms with Crippen LogP contribution in [0.1, 0.15) is 40.0 Å². The van der Waals surface area contributed by atoms with Crippen molar-refractivity contribution >= 4 is 17.9 Å². The Morgan fingerprint density at radius 1 is 0.963 bits per heavy atom. The van der Waals surface area contributed by atoms with Gasteiger partial charge in [0.2, 0.25) is 0 Å². The summed E-state index contributed by atoms with van der Waals surface area (Å²) < 4.78 is 10.2. The molecule has 27 heavy (non-hydrogen) atoms. The van der Waals surface area contributed by atoms with E-state index in [1.807, 2.05) is 20.8 Å². The van der Waals surface area contributed by atoms with Crippen LogP contribution in [-0.4, -0.2) is 42.9 Å². The highest BCUT2D eigenvalue weighted by molar-refractivity contribution is 5.70. The zero-order chi connectivity index (χ0) is 20.3. The van der Waals surface area contributed by atoms with Gasteiger partial charge in [-0.05, 0) is 52.2 Å². The van der Waals surface area contributed by atoms with Gasteiger partial charge in [0.25, 0.3) is 4.92 Å². The minimum Gasteiger partial charge on any atom is -0.444 e. The molecule has 9 nitrogen and oxygen atoms in total. The summed E-state index contributed by atoms with van der Waals surface area (Å²) in [6.45, 7) is 6.41. The molecule has 0 bridgehead atoms. The fourth-order valence-corrected chi connectivity index (χ4v) is 2.01. The average Bonchev–Trinajstić information content (AvgIpc) is 2.59. The van der Waals surface area contributed by atoms with Gasteiger partial charge in [-0.1, -0.05) is 0 Å². The molecule has 0 aliphatic rings. The van der Waals surface area contributed by atoms with Gasteiger partial charge in [0, 0.05) is 25.2 Å². The maximum absolute atomic E-state index is 11.7. The normalized spacial score (nSPS) is 10.7. The number of benzene rings is 1. The largest absolute Gasteiger partial charge is 0.444 e. The Balaban J connectivity index is 2.12. The summed E-state index contributed by atoms with van der Waals surface area (Å²) in [5.41, 5.74) is -0.211. The monoisotopic (exact) mass is 382 g/mol. The first-order valence-corrected chi connectivity index (χ1v) is 8.75. The van der Waals surface area contributed by atoms with Crippen molar-refractivity contribution in [2.24, 2.45) is 0 Å². The molecule has 0 radical (unpaired) electrons. The van der Waals surface area contributed by atoms with Crippen LogP contribution in [0, 0.1) is 4.91 Å². The number of carbonyl (C=O) groups is 2. The van der Waals surface area contributed by atoms with E-state index in [9.17, 15) is 14.5 Å². The van der Waals surface area contributed by atoms with Gasteiger partial charge in [-0.2, -0.15) is 0 Å². The van der Waals surface area contributed by atoms with E-state index < -0.39 is 17.8 Å². The van der Waals surface area contributed by atoms with Crippen LogP contribution >= 0.6 is 0 Å². The first-order valence-electron chi connectivity index (χ1n) is 8.75. The first-order chi connectivity index (χ1) is 12.7. The molecule has 2 amide bonds. The molecule has 1 rings (SSSR count). The molecule has 0 aliphatic carbocycles. The summed E-state index contributed by atoms with van der Waals surface area (Å²) in [4.78, 5) is 39.2. The van der Waals surface area contributed by atoms with E-state index >= 15 is 0 Å². The van der Waals surface area contributed by atoms with Crippen LogP contribution in [0.2, 0.25) is 0 Å². The minimum atomic E-state index is -0.569. The lowest BCUT2D eigenvalue weighted by Crippen LogP contribution is -2.33. The number of alkyl carbamates (subject to hydrolysis) is 1. The Labute approximate surface area is 158 Å². The molecule has 0 heterocycles. The quantitative estimate of drug-likeness (QED) is 0.500. The number of ether oxygens (including phenoxy) is 2. The van der Waals surface area contributed by atoms with Crippen molar-refractivity contribution in [3.8, 4) is 5.75 Å². The van der Waals surface area contributed by atoms with Gasteiger partial charge >= 0.3 is 17.9 Å². The average molecular weight is 382 g/mol. The number of unbranched alkanes of at least 4 members (excludes halogenated alkanes) is 2. The number of hydrogen-bond acceptors (Lipinski definition) is 6. The standard InChI is InChI=1S/C18H27N3O6/c1-18(2,3)27-17(23)20-13-7-5-6-12-19-16(22)26-15-10-8-14(9-11-15)21(24)25-4/h8-11H,5-7,12-13H2,1-4H3,(H-,19,20,22,23)/p+1. The molecule has 150 valence electrons. The summed E-state index contributed by atoms with van der Waals surface area (Å²) in [6, 6.07) is 5.97. The molecule has 1 aromatic rings. The molecular weight excluding hydrogens is 354 g/mol. The second-order valence-corrected chi connectivity index (χ2v) is 6.74. The van der Waals surface area contributed by atoms with Crippen LogP contribution in [-0.2, 0) is 9.57 Å². The SMILES string of the molecule is CO[N+](=O)c1ccc(OC(=O)NCCCCCNC(=O)OC(C)(C)C)cc1. The highest BCUT2D eigenvalue weighted by Crippen LogP contribution is 2.17. The Bertz CT molecular complexity index is 625. The Hall–Kier alpha value is -2.84. The van der Waals surface area contributed by atoms with Gasteiger partial charge in [0.1, 0.15) is 11.4 Å². The lowest BCUT2D eigenvalue weighted by atomic mass is 10.2. The summed E-state index contributed by atoms with van der Waals surface area (Å²) in [6.07, 6.45) is 1.37. The summed E-state index contributed by atoms with van der Waals surface area (Å²) in [5.74, 6) is 0.322. The Kier molecular flexibility index (Phi) is 9.04. The smallest absolute Gasteiger partial charge is 0.412 e. The van der Waals surface area contributed by atoms with E-state index in [2.05, 4.69) is 15.5 Å². The van der Waals surface area contributed by atoms with Gasteiger partial charge < -0.3 is 20.1 Å². The van der Waals surface area contributed by atoms with Gasteiger partial charge in [0.15, 0.2) is 7.11 Å². The van der Waals surface area contributed by atoms with Crippen LogP contribution in [0.25, 0.3) is 0 Å². The number of hydrogen-bond donors (Lipinski definition) is 2. The van der Waals surface area contributed by atoms with Crippen LogP contribution in [0.4, 0.5) is 15.3 Å². The number of rotatable bonds is 9. The summed E-state index contributed by atoms with van der Waals surface area (Å²) in [7, 11) is 1.26. The molecule has 9 heteroatoms. The molecule has 1 aromatic carbocycles. The van der Waals surface area contributed by atoms with Gasteiger partial charge in [-0.15, -0.1) is 0 Å².